The van der Waals surface area contributed by atoms with Gasteiger partial charge in [0.05, 0.1) is 6.10 Å². The lowest BCUT2D eigenvalue weighted by Gasteiger charge is -2.15. The smallest absolute Gasteiger partial charge is 0.378 e. The van der Waals surface area contributed by atoms with E-state index < -0.39 is 4.92 Å². The average Bonchev–Trinajstić information content (AvgIpc) is 2.72. The van der Waals surface area contributed by atoms with E-state index in [4.69, 9.17) is 4.74 Å². The fourth-order valence-electron chi connectivity index (χ4n) is 1.97. The van der Waals surface area contributed by atoms with Gasteiger partial charge in [-0.05, 0) is 35.4 Å². The highest BCUT2D eigenvalue weighted by molar-refractivity contribution is 5.56. The molecule has 1 saturated heterocycles. The molecule has 0 radical (unpaired) electrons. The first-order chi connectivity index (χ1) is 8.18. The second-order valence-electron chi connectivity index (χ2n) is 4.14. The highest BCUT2D eigenvalue weighted by atomic mass is 16.6. The molecule has 1 aliphatic rings. The summed E-state index contributed by atoms with van der Waals surface area (Å²) in [5, 5.41) is 13.8. The standard InChI is InChI=1S/C11H15N3O3/c1-8-9(4-6-17-8)7-13-10-3-2-5-12-11(10)14(15)16/h2-3,5,8-9,13H,4,6-7H2,1H3. The van der Waals surface area contributed by atoms with Crippen LogP contribution in [-0.2, 0) is 4.74 Å². The zero-order chi connectivity index (χ0) is 12.3. The van der Waals surface area contributed by atoms with Crippen LogP contribution in [0.15, 0.2) is 18.3 Å². The maximum absolute atomic E-state index is 10.8. The summed E-state index contributed by atoms with van der Waals surface area (Å²) in [4.78, 5) is 14.0. The van der Waals surface area contributed by atoms with E-state index in [-0.39, 0.29) is 11.9 Å². The van der Waals surface area contributed by atoms with Crippen LogP contribution >= 0.6 is 0 Å². The summed E-state index contributed by atoms with van der Waals surface area (Å²) in [7, 11) is 0. The van der Waals surface area contributed by atoms with Gasteiger partial charge < -0.3 is 20.2 Å². The highest BCUT2D eigenvalue weighted by Crippen LogP contribution is 2.24. The molecular weight excluding hydrogens is 222 g/mol. The van der Waals surface area contributed by atoms with E-state index in [1.165, 1.54) is 6.20 Å². The molecule has 1 aromatic rings. The first kappa shape index (κ1) is 11.8. The molecular formula is C11H15N3O3. The molecule has 1 aliphatic heterocycles. The van der Waals surface area contributed by atoms with E-state index in [0.717, 1.165) is 13.0 Å². The van der Waals surface area contributed by atoms with Crippen molar-refractivity contribution in [2.24, 2.45) is 5.92 Å². The van der Waals surface area contributed by atoms with Gasteiger partial charge in [0.1, 0.15) is 11.9 Å². The Balaban J connectivity index is 2.01. The normalized spacial score (nSPS) is 23.6. The Kier molecular flexibility index (Phi) is 3.53. The molecule has 6 nitrogen and oxygen atoms in total. The third kappa shape index (κ3) is 2.71. The summed E-state index contributed by atoms with van der Waals surface area (Å²) >= 11 is 0. The van der Waals surface area contributed by atoms with Crippen LogP contribution in [0.4, 0.5) is 11.5 Å². The van der Waals surface area contributed by atoms with Gasteiger partial charge in [0.15, 0.2) is 0 Å². The predicted molar refractivity (Wildman–Crippen MR) is 62.9 cm³/mol. The second kappa shape index (κ2) is 5.09. The Bertz CT molecular complexity index is 411. The Hall–Kier alpha value is -1.69. The second-order valence-corrected chi connectivity index (χ2v) is 4.14. The lowest BCUT2D eigenvalue weighted by molar-refractivity contribution is -0.388. The van der Waals surface area contributed by atoms with Crippen molar-refractivity contribution in [3.05, 3.63) is 28.4 Å². The summed E-state index contributed by atoms with van der Waals surface area (Å²) in [6, 6.07) is 3.36. The number of nitro groups is 1. The zero-order valence-electron chi connectivity index (χ0n) is 9.63. The number of nitrogens with one attached hydrogen (secondary N) is 1. The molecule has 2 heterocycles. The lowest BCUT2D eigenvalue weighted by atomic mass is 10.0. The van der Waals surface area contributed by atoms with Crippen molar-refractivity contribution in [2.75, 3.05) is 18.5 Å². The largest absolute Gasteiger partial charge is 0.386 e. The van der Waals surface area contributed by atoms with Crippen LogP contribution in [0.2, 0.25) is 0 Å². The van der Waals surface area contributed by atoms with Crippen molar-refractivity contribution in [1.29, 1.82) is 0 Å². The van der Waals surface area contributed by atoms with E-state index in [9.17, 15) is 10.1 Å². The zero-order valence-corrected chi connectivity index (χ0v) is 9.63. The molecule has 1 fully saturated rings. The molecule has 0 spiro atoms. The van der Waals surface area contributed by atoms with Gasteiger partial charge in [-0.1, -0.05) is 0 Å². The molecule has 0 bridgehead atoms. The molecule has 6 heteroatoms. The first-order valence-corrected chi connectivity index (χ1v) is 5.63. The number of hydrogen-bond acceptors (Lipinski definition) is 5. The van der Waals surface area contributed by atoms with Crippen molar-refractivity contribution in [3.8, 4) is 0 Å². The van der Waals surface area contributed by atoms with Crippen LogP contribution in [0, 0.1) is 16.0 Å². The van der Waals surface area contributed by atoms with Gasteiger partial charge in [-0.3, -0.25) is 0 Å². The van der Waals surface area contributed by atoms with Crippen molar-refractivity contribution < 1.29 is 9.66 Å². The van der Waals surface area contributed by atoms with Crippen LogP contribution in [0.1, 0.15) is 13.3 Å². The lowest BCUT2D eigenvalue weighted by Crippen LogP contribution is -2.21. The molecule has 0 aliphatic carbocycles. The first-order valence-electron chi connectivity index (χ1n) is 5.63. The van der Waals surface area contributed by atoms with E-state index in [0.29, 0.717) is 18.2 Å². The van der Waals surface area contributed by atoms with Crippen LogP contribution in [0.3, 0.4) is 0 Å². The minimum absolute atomic E-state index is 0.126. The van der Waals surface area contributed by atoms with Crippen molar-refractivity contribution in [3.63, 3.8) is 0 Å². The fourth-order valence-corrected chi connectivity index (χ4v) is 1.97. The van der Waals surface area contributed by atoms with Gasteiger partial charge in [0, 0.05) is 19.1 Å². The topological polar surface area (TPSA) is 77.3 Å². The number of nitrogens with zero attached hydrogens (tertiary/aromatic N) is 2. The van der Waals surface area contributed by atoms with Gasteiger partial charge in [-0.25, -0.2) is 0 Å². The third-order valence-corrected chi connectivity index (χ3v) is 3.05. The minimum Gasteiger partial charge on any atom is -0.378 e. The Morgan fingerprint density at radius 1 is 1.71 bits per heavy atom. The Labute approximate surface area is 99.2 Å². The van der Waals surface area contributed by atoms with Crippen molar-refractivity contribution >= 4 is 11.5 Å². The number of anilines is 1. The predicted octanol–water partition coefficient (Wildman–Crippen LogP) is 1.83. The maximum atomic E-state index is 10.8. The van der Waals surface area contributed by atoms with Crippen LogP contribution in [0.5, 0.6) is 0 Å². The van der Waals surface area contributed by atoms with Crippen LogP contribution < -0.4 is 5.32 Å². The number of aromatic nitrogens is 1. The number of rotatable bonds is 4. The van der Waals surface area contributed by atoms with E-state index in [1.54, 1.807) is 12.1 Å². The summed E-state index contributed by atoms with van der Waals surface area (Å²) < 4.78 is 5.44. The molecule has 1 aromatic heterocycles. The molecule has 2 rings (SSSR count). The summed E-state index contributed by atoms with van der Waals surface area (Å²) in [6.07, 6.45) is 2.62. The Morgan fingerprint density at radius 3 is 3.18 bits per heavy atom. The molecule has 92 valence electrons. The van der Waals surface area contributed by atoms with Crippen molar-refractivity contribution in [1.82, 2.24) is 4.98 Å². The monoisotopic (exact) mass is 237 g/mol. The number of hydrogen-bond donors (Lipinski definition) is 1. The summed E-state index contributed by atoms with van der Waals surface area (Å²) in [6.45, 7) is 3.47. The van der Waals surface area contributed by atoms with Gasteiger partial charge >= 0.3 is 5.82 Å². The summed E-state index contributed by atoms with van der Waals surface area (Å²) in [5.41, 5.74) is 0.469. The van der Waals surface area contributed by atoms with Gasteiger partial charge in [0.25, 0.3) is 0 Å². The number of ether oxygens (including phenoxy) is 1. The minimum atomic E-state index is -0.475. The fraction of sp³-hybridized carbons (Fsp3) is 0.545. The van der Waals surface area contributed by atoms with Crippen molar-refractivity contribution in [2.45, 2.75) is 19.4 Å². The molecule has 0 aromatic carbocycles. The van der Waals surface area contributed by atoms with Crippen LogP contribution in [-0.4, -0.2) is 29.2 Å². The summed E-state index contributed by atoms with van der Waals surface area (Å²) in [5.74, 6) is 0.272. The van der Waals surface area contributed by atoms with E-state index in [1.807, 2.05) is 6.92 Å². The van der Waals surface area contributed by atoms with E-state index in [2.05, 4.69) is 10.3 Å². The molecule has 2 unspecified atom stereocenters. The van der Waals surface area contributed by atoms with Crippen LogP contribution in [0.25, 0.3) is 0 Å². The SMILES string of the molecule is CC1OCCC1CNc1cccnc1[N+](=O)[O-]. The molecule has 1 N–H and O–H groups in total. The quantitative estimate of drug-likeness (QED) is 0.638. The van der Waals surface area contributed by atoms with Gasteiger partial charge in [-0.15, -0.1) is 0 Å². The molecule has 2 atom stereocenters. The average molecular weight is 237 g/mol. The van der Waals surface area contributed by atoms with E-state index >= 15 is 0 Å². The van der Waals surface area contributed by atoms with Gasteiger partial charge in [-0.2, -0.15) is 0 Å². The molecule has 0 amide bonds. The molecule has 0 saturated carbocycles. The maximum Gasteiger partial charge on any atom is 0.386 e. The highest BCUT2D eigenvalue weighted by Gasteiger charge is 2.24. The number of pyridine rings is 1. The van der Waals surface area contributed by atoms with Gasteiger partial charge in [0.2, 0.25) is 0 Å². The third-order valence-electron chi connectivity index (χ3n) is 3.05. The Morgan fingerprint density at radius 2 is 2.53 bits per heavy atom. The molecule has 17 heavy (non-hydrogen) atoms.